The molecule has 1 aliphatic rings. The molecule has 1 rings (SSSR count). The Bertz CT molecular complexity index is 95.7. The van der Waals surface area contributed by atoms with E-state index in [1.807, 2.05) is 0 Å². The van der Waals surface area contributed by atoms with Gasteiger partial charge >= 0.3 is 0 Å². The predicted octanol–water partition coefficient (Wildman–Crippen LogP) is 0.282. The first-order valence-corrected chi connectivity index (χ1v) is 3.37. The maximum atomic E-state index is 12.5. The summed E-state index contributed by atoms with van der Waals surface area (Å²) >= 11 is 0. The van der Waals surface area contributed by atoms with Crippen LogP contribution in [-0.4, -0.2) is 38.6 Å². The Morgan fingerprint density at radius 2 is 2.50 bits per heavy atom. The van der Waals surface area contributed by atoms with Crippen molar-refractivity contribution in [3.8, 4) is 0 Å². The fourth-order valence-electron chi connectivity index (χ4n) is 0.917. The Balaban J connectivity index is 2.24. The van der Waals surface area contributed by atoms with Crippen LogP contribution in [0.1, 0.15) is 0 Å². The molecular weight excluding hydrogens is 140 g/mol. The highest BCUT2D eigenvalue weighted by Crippen LogP contribution is 2.06. The zero-order valence-electron chi connectivity index (χ0n) is 5.65. The summed E-state index contributed by atoms with van der Waals surface area (Å²) in [5.41, 5.74) is 0. The Morgan fingerprint density at radius 1 is 1.70 bits per heavy atom. The van der Waals surface area contributed by atoms with Gasteiger partial charge in [-0.25, -0.2) is 8.78 Å². The summed E-state index contributed by atoms with van der Waals surface area (Å²) in [5.74, 6) is 0. The van der Waals surface area contributed by atoms with Crippen molar-refractivity contribution < 1.29 is 13.5 Å². The van der Waals surface area contributed by atoms with Crippen LogP contribution in [0.25, 0.3) is 0 Å². The summed E-state index contributed by atoms with van der Waals surface area (Å²) in [5, 5.41) is 2.92. The number of morpholine rings is 1. The molecular formula is C6H11F2NO. The zero-order chi connectivity index (χ0) is 7.40. The lowest BCUT2D eigenvalue weighted by atomic mass is 10.2. The summed E-state index contributed by atoms with van der Waals surface area (Å²) in [6, 6.07) is 0. The molecule has 60 valence electrons. The van der Waals surface area contributed by atoms with E-state index in [-0.39, 0.29) is 0 Å². The van der Waals surface area contributed by atoms with Crippen molar-refractivity contribution in [2.75, 3.05) is 26.4 Å². The van der Waals surface area contributed by atoms with Gasteiger partial charge in [-0.05, 0) is 0 Å². The number of alkyl halides is 2. The number of hydrogen-bond acceptors (Lipinski definition) is 2. The molecule has 4 heteroatoms. The maximum absolute atomic E-state index is 12.5. The second-order valence-corrected chi connectivity index (χ2v) is 2.28. The Hall–Kier alpha value is -0.220. The highest BCUT2D eigenvalue weighted by Gasteiger charge is 2.23. The molecule has 0 aliphatic carbocycles. The number of rotatable bonds is 2. The zero-order valence-corrected chi connectivity index (χ0v) is 5.65. The van der Waals surface area contributed by atoms with E-state index in [9.17, 15) is 8.78 Å². The minimum atomic E-state index is -1.47. The van der Waals surface area contributed by atoms with Crippen LogP contribution in [-0.2, 0) is 4.74 Å². The van der Waals surface area contributed by atoms with Gasteiger partial charge in [0.25, 0.3) is 0 Å². The fourth-order valence-corrected chi connectivity index (χ4v) is 0.917. The van der Waals surface area contributed by atoms with Gasteiger partial charge in [0.05, 0.1) is 6.61 Å². The molecule has 0 aromatic carbocycles. The molecule has 0 aromatic rings. The molecule has 0 radical (unpaired) electrons. The van der Waals surface area contributed by atoms with Crippen molar-refractivity contribution >= 4 is 0 Å². The third-order valence-corrected chi connectivity index (χ3v) is 1.51. The molecule has 0 amide bonds. The van der Waals surface area contributed by atoms with E-state index in [0.29, 0.717) is 13.2 Å². The molecule has 2 unspecified atom stereocenters. The summed E-state index contributed by atoms with van der Waals surface area (Å²) in [4.78, 5) is 0. The molecule has 1 fully saturated rings. The minimum absolute atomic E-state index is 0.422. The largest absolute Gasteiger partial charge is 0.372 e. The van der Waals surface area contributed by atoms with E-state index in [0.717, 1.165) is 6.54 Å². The van der Waals surface area contributed by atoms with Gasteiger partial charge in [0.2, 0.25) is 0 Å². The first kappa shape index (κ1) is 7.88. The normalized spacial score (nSPS) is 30.0. The Morgan fingerprint density at radius 3 is 3.00 bits per heavy atom. The van der Waals surface area contributed by atoms with Gasteiger partial charge in [0.15, 0.2) is 6.17 Å². The average molecular weight is 151 g/mol. The van der Waals surface area contributed by atoms with Gasteiger partial charge in [-0.1, -0.05) is 0 Å². The molecule has 0 spiro atoms. The lowest BCUT2D eigenvalue weighted by Gasteiger charge is -2.24. The lowest BCUT2D eigenvalue weighted by Crippen LogP contribution is -2.44. The van der Waals surface area contributed by atoms with Crippen molar-refractivity contribution in [3.63, 3.8) is 0 Å². The predicted molar refractivity (Wildman–Crippen MR) is 33.5 cm³/mol. The topological polar surface area (TPSA) is 21.3 Å². The summed E-state index contributed by atoms with van der Waals surface area (Å²) in [7, 11) is 0. The van der Waals surface area contributed by atoms with E-state index in [2.05, 4.69) is 5.32 Å². The van der Waals surface area contributed by atoms with E-state index in [1.54, 1.807) is 0 Å². The summed E-state index contributed by atoms with van der Waals surface area (Å²) in [6.45, 7) is 0.679. The summed E-state index contributed by atoms with van der Waals surface area (Å²) < 4.78 is 29.1. The van der Waals surface area contributed by atoms with Gasteiger partial charge in [0, 0.05) is 13.1 Å². The van der Waals surface area contributed by atoms with Crippen molar-refractivity contribution in [1.82, 2.24) is 5.32 Å². The molecule has 2 nitrogen and oxygen atoms in total. The first-order valence-electron chi connectivity index (χ1n) is 3.37. The van der Waals surface area contributed by atoms with Crippen LogP contribution < -0.4 is 5.32 Å². The molecule has 1 aliphatic heterocycles. The van der Waals surface area contributed by atoms with Crippen LogP contribution in [0.5, 0.6) is 0 Å². The van der Waals surface area contributed by atoms with E-state index < -0.39 is 19.0 Å². The van der Waals surface area contributed by atoms with Crippen molar-refractivity contribution in [2.45, 2.75) is 12.3 Å². The highest BCUT2D eigenvalue weighted by atomic mass is 19.2. The van der Waals surface area contributed by atoms with Crippen molar-refractivity contribution in [2.24, 2.45) is 0 Å². The molecule has 0 aromatic heterocycles. The average Bonchev–Trinajstić information content (AvgIpc) is 2.05. The maximum Gasteiger partial charge on any atom is 0.156 e. The van der Waals surface area contributed by atoms with Crippen LogP contribution >= 0.6 is 0 Å². The highest BCUT2D eigenvalue weighted by molar-refractivity contribution is 4.74. The number of hydrogen-bond donors (Lipinski definition) is 1. The number of halogens is 2. The third-order valence-electron chi connectivity index (χ3n) is 1.51. The second-order valence-electron chi connectivity index (χ2n) is 2.28. The van der Waals surface area contributed by atoms with Gasteiger partial charge in [-0.2, -0.15) is 0 Å². The van der Waals surface area contributed by atoms with Crippen LogP contribution in [0.15, 0.2) is 0 Å². The Kier molecular flexibility index (Phi) is 3.02. The van der Waals surface area contributed by atoms with Gasteiger partial charge in [-0.3, -0.25) is 0 Å². The van der Waals surface area contributed by atoms with Crippen LogP contribution in [0, 0.1) is 0 Å². The second kappa shape index (κ2) is 3.83. The molecule has 2 atom stereocenters. The molecule has 1 heterocycles. The van der Waals surface area contributed by atoms with Gasteiger partial charge < -0.3 is 10.1 Å². The van der Waals surface area contributed by atoms with Crippen molar-refractivity contribution in [3.05, 3.63) is 0 Å². The summed E-state index contributed by atoms with van der Waals surface area (Å²) in [6.07, 6.45) is -2.05. The van der Waals surface area contributed by atoms with E-state index >= 15 is 0 Å². The quantitative estimate of drug-likeness (QED) is 0.612. The van der Waals surface area contributed by atoms with Crippen LogP contribution in [0.2, 0.25) is 0 Å². The Labute approximate surface area is 58.6 Å². The van der Waals surface area contributed by atoms with Crippen LogP contribution in [0.4, 0.5) is 8.78 Å². The standard InChI is InChI=1S/C6H11F2NO/c7-3-5(8)6-4-9-1-2-10-6/h5-6,9H,1-4H2. The van der Waals surface area contributed by atoms with Crippen LogP contribution in [0.3, 0.4) is 0 Å². The number of nitrogens with one attached hydrogen (secondary N) is 1. The smallest absolute Gasteiger partial charge is 0.156 e. The molecule has 10 heavy (non-hydrogen) atoms. The first-order chi connectivity index (χ1) is 4.84. The molecule has 0 bridgehead atoms. The SMILES string of the molecule is FCC(F)C1CNCCO1. The monoisotopic (exact) mass is 151 g/mol. The fraction of sp³-hybridized carbons (Fsp3) is 1.00. The van der Waals surface area contributed by atoms with Crippen molar-refractivity contribution in [1.29, 1.82) is 0 Å². The minimum Gasteiger partial charge on any atom is -0.372 e. The third kappa shape index (κ3) is 1.88. The lowest BCUT2D eigenvalue weighted by molar-refractivity contribution is -0.0275. The van der Waals surface area contributed by atoms with E-state index in [4.69, 9.17) is 4.74 Å². The molecule has 0 saturated carbocycles. The molecule has 1 saturated heterocycles. The van der Waals surface area contributed by atoms with Gasteiger partial charge in [0.1, 0.15) is 12.8 Å². The van der Waals surface area contributed by atoms with E-state index in [1.165, 1.54) is 0 Å². The van der Waals surface area contributed by atoms with Gasteiger partial charge in [-0.15, -0.1) is 0 Å². The number of ether oxygens (including phenoxy) is 1. The molecule has 1 N–H and O–H groups in total.